The first kappa shape index (κ1) is 19.6. The molecular formula is C23H28N4O2. The predicted molar refractivity (Wildman–Crippen MR) is 113 cm³/mol. The molecule has 0 aliphatic carbocycles. The van der Waals surface area contributed by atoms with Gasteiger partial charge in [-0.1, -0.05) is 29.8 Å². The summed E-state index contributed by atoms with van der Waals surface area (Å²) in [5.74, 6) is 2.21. The minimum atomic E-state index is 0.595. The van der Waals surface area contributed by atoms with Crippen molar-refractivity contribution < 1.29 is 9.15 Å². The summed E-state index contributed by atoms with van der Waals surface area (Å²) in [6.45, 7) is 10.5. The van der Waals surface area contributed by atoms with E-state index in [2.05, 4.69) is 63.3 Å². The standard InChI is InChI=1S/C23H28N4O2/c1-3-28-21-9-7-19(8-10-21)16-26-11-13-27(14-12-26)17-22-24-25-23(29-22)20-6-4-5-18(2)15-20/h4-10,15H,3,11-14,16-17H2,1-2H3. The smallest absolute Gasteiger partial charge is 0.247 e. The van der Waals surface area contributed by atoms with E-state index in [-0.39, 0.29) is 0 Å². The van der Waals surface area contributed by atoms with Crippen LogP contribution >= 0.6 is 0 Å². The lowest BCUT2D eigenvalue weighted by molar-refractivity contribution is 0.114. The van der Waals surface area contributed by atoms with Crippen LogP contribution < -0.4 is 4.74 Å². The molecule has 1 aromatic heterocycles. The van der Waals surface area contributed by atoms with Gasteiger partial charge in [-0.25, -0.2) is 0 Å². The molecule has 0 bridgehead atoms. The SMILES string of the molecule is CCOc1ccc(CN2CCN(Cc3nnc(-c4cccc(C)c4)o3)CC2)cc1. The Morgan fingerprint density at radius 3 is 2.34 bits per heavy atom. The van der Waals surface area contributed by atoms with Gasteiger partial charge < -0.3 is 9.15 Å². The zero-order chi connectivity index (χ0) is 20.1. The lowest BCUT2D eigenvalue weighted by Crippen LogP contribution is -2.45. The molecule has 3 aromatic rings. The summed E-state index contributed by atoms with van der Waals surface area (Å²) in [5.41, 5.74) is 3.48. The summed E-state index contributed by atoms with van der Waals surface area (Å²) in [4.78, 5) is 4.86. The van der Waals surface area contributed by atoms with Crippen LogP contribution in [0.2, 0.25) is 0 Å². The van der Waals surface area contributed by atoms with Crippen LogP contribution in [0.1, 0.15) is 23.9 Å². The highest BCUT2D eigenvalue weighted by molar-refractivity contribution is 5.53. The van der Waals surface area contributed by atoms with Gasteiger partial charge in [0.05, 0.1) is 13.2 Å². The highest BCUT2D eigenvalue weighted by Crippen LogP contribution is 2.20. The Morgan fingerprint density at radius 2 is 1.66 bits per heavy atom. The van der Waals surface area contributed by atoms with Crippen LogP contribution in [0, 0.1) is 6.92 Å². The van der Waals surface area contributed by atoms with Crippen molar-refractivity contribution in [1.29, 1.82) is 0 Å². The van der Waals surface area contributed by atoms with E-state index in [1.807, 2.05) is 19.1 Å². The third kappa shape index (κ3) is 5.22. The van der Waals surface area contributed by atoms with Gasteiger partial charge >= 0.3 is 0 Å². The molecule has 1 aliphatic rings. The molecule has 2 heterocycles. The maximum absolute atomic E-state index is 5.89. The first-order valence-corrected chi connectivity index (χ1v) is 10.3. The average molecular weight is 393 g/mol. The van der Waals surface area contributed by atoms with Crippen molar-refractivity contribution in [3.8, 4) is 17.2 Å². The van der Waals surface area contributed by atoms with Gasteiger partial charge in [0, 0.05) is 38.3 Å². The van der Waals surface area contributed by atoms with Gasteiger partial charge in [-0.2, -0.15) is 0 Å². The Labute approximate surface area is 172 Å². The van der Waals surface area contributed by atoms with E-state index in [9.17, 15) is 0 Å². The second-order valence-electron chi connectivity index (χ2n) is 7.50. The molecule has 1 saturated heterocycles. The summed E-state index contributed by atoms with van der Waals surface area (Å²) in [5, 5.41) is 8.46. The number of aryl methyl sites for hydroxylation is 1. The minimum absolute atomic E-state index is 0.595. The number of benzene rings is 2. The van der Waals surface area contributed by atoms with Crippen molar-refractivity contribution in [3.05, 3.63) is 65.5 Å². The molecule has 1 aliphatic heterocycles. The third-order valence-corrected chi connectivity index (χ3v) is 5.20. The van der Waals surface area contributed by atoms with Gasteiger partial charge in [-0.05, 0) is 43.7 Å². The van der Waals surface area contributed by atoms with Crippen molar-refractivity contribution in [2.75, 3.05) is 32.8 Å². The van der Waals surface area contributed by atoms with Crippen LogP contribution in [0.15, 0.2) is 52.9 Å². The normalized spacial score (nSPS) is 15.5. The Balaban J connectivity index is 1.27. The number of hydrogen-bond acceptors (Lipinski definition) is 6. The van der Waals surface area contributed by atoms with E-state index in [4.69, 9.17) is 9.15 Å². The van der Waals surface area contributed by atoms with Crippen LogP contribution in [0.3, 0.4) is 0 Å². The fourth-order valence-electron chi connectivity index (χ4n) is 3.63. The first-order valence-electron chi connectivity index (χ1n) is 10.3. The highest BCUT2D eigenvalue weighted by Gasteiger charge is 2.19. The van der Waals surface area contributed by atoms with Crippen LogP contribution in [-0.2, 0) is 13.1 Å². The van der Waals surface area contributed by atoms with Crippen molar-refractivity contribution in [3.63, 3.8) is 0 Å². The number of rotatable bonds is 7. The molecule has 0 atom stereocenters. The van der Waals surface area contributed by atoms with Crippen molar-refractivity contribution in [2.45, 2.75) is 26.9 Å². The van der Waals surface area contributed by atoms with Gasteiger partial charge in [-0.15, -0.1) is 10.2 Å². The number of nitrogens with zero attached hydrogens (tertiary/aromatic N) is 4. The molecule has 6 nitrogen and oxygen atoms in total. The van der Waals surface area contributed by atoms with E-state index >= 15 is 0 Å². The van der Waals surface area contributed by atoms with Gasteiger partial charge in [0.15, 0.2) is 0 Å². The molecule has 0 saturated carbocycles. The lowest BCUT2D eigenvalue weighted by Gasteiger charge is -2.33. The molecular weight excluding hydrogens is 364 g/mol. The fraction of sp³-hybridized carbons (Fsp3) is 0.391. The van der Waals surface area contributed by atoms with Crippen LogP contribution in [-0.4, -0.2) is 52.8 Å². The second-order valence-corrected chi connectivity index (χ2v) is 7.50. The third-order valence-electron chi connectivity index (χ3n) is 5.20. The summed E-state index contributed by atoms with van der Waals surface area (Å²) in [6.07, 6.45) is 0. The Kier molecular flexibility index (Phi) is 6.22. The summed E-state index contributed by atoms with van der Waals surface area (Å²) in [7, 11) is 0. The zero-order valence-corrected chi connectivity index (χ0v) is 17.2. The maximum atomic E-state index is 5.89. The molecule has 0 N–H and O–H groups in total. The summed E-state index contributed by atoms with van der Waals surface area (Å²) >= 11 is 0. The summed E-state index contributed by atoms with van der Waals surface area (Å²) in [6, 6.07) is 16.6. The van der Waals surface area contributed by atoms with E-state index in [1.54, 1.807) is 0 Å². The zero-order valence-electron chi connectivity index (χ0n) is 17.2. The van der Waals surface area contributed by atoms with Crippen LogP contribution in [0.25, 0.3) is 11.5 Å². The maximum Gasteiger partial charge on any atom is 0.247 e. The van der Waals surface area contributed by atoms with E-state index in [1.165, 1.54) is 11.1 Å². The molecule has 6 heteroatoms. The molecule has 4 rings (SSSR count). The molecule has 0 amide bonds. The van der Waals surface area contributed by atoms with Gasteiger partial charge in [0.2, 0.25) is 11.8 Å². The molecule has 29 heavy (non-hydrogen) atoms. The number of hydrogen-bond donors (Lipinski definition) is 0. The molecule has 0 unspecified atom stereocenters. The second kappa shape index (κ2) is 9.20. The van der Waals surface area contributed by atoms with Gasteiger partial charge in [0.1, 0.15) is 5.75 Å². The van der Waals surface area contributed by atoms with Crippen molar-refractivity contribution >= 4 is 0 Å². The Bertz CT molecular complexity index is 915. The lowest BCUT2D eigenvalue weighted by atomic mass is 10.1. The molecule has 0 spiro atoms. The minimum Gasteiger partial charge on any atom is -0.494 e. The molecule has 2 aromatic carbocycles. The number of ether oxygens (including phenoxy) is 1. The van der Waals surface area contributed by atoms with Gasteiger partial charge in [-0.3, -0.25) is 9.80 Å². The van der Waals surface area contributed by atoms with Crippen LogP contribution in [0.4, 0.5) is 0 Å². The van der Waals surface area contributed by atoms with Crippen molar-refractivity contribution in [2.24, 2.45) is 0 Å². The molecule has 1 fully saturated rings. The fourth-order valence-corrected chi connectivity index (χ4v) is 3.63. The molecule has 0 radical (unpaired) electrons. The first-order chi connectivity index (χ1) is 14.2. The summed E-state index contributed by atoms with van der Waals surface area (Å²) < 4.78 is 11.4. The van der Waals surface area contributed by atoms with Crippen molar-refractivity contribution in [1.82, 2.24) is 20.0 Å². The number of aromatic nitrogens is 2. The quantitative estimate of drug-likeness (QED) is 0.610. The molecule has 152 valence electrons. The largest absolute Gasteiger partial charge is 0.494 e. The van der Waals surface area contributed by atoms with E-state index < -0.39 is 0 Å². The topological polar surface area (TPSA) is 54.6 Å². The predicted octanol–water partition coefficient (Wildman–Crippen LogP) is 3.76. The van der Waals surface area contributed by atoms with Gasteiger partial charge in [0.25, 0.3) is 0 Å². The monoisotopic (exact) mass is 392 g/mol. The average Bonchev–Trinajstić information content (AvgIpc) is 3.20. The highest BCUT2D eigenvalue weighted by atomic mass is 16.5. The van der Waals surface area contributed by atoms with Crippen LogP contribution in [0.5, 0.6) is 5.75 Å². The Hall–Kier alpha value is -2.70. The Morgan fingerprint density at radius 1 is 0.931 bits per heavy atom. The van der Waals surface area contributed by atoms with E-state index in [0.717, 1.165) is 44.0 Å². The van der Waals surface area contributed by atoms with E-state index in [0.29, 0.717) is 24.9 Å². The number of piperazine rings is 1.